The molecule has 0 aliphatic heterocycles. The lowest BCUT2D eigenvalue weighted by Gasteiger charge is -2.26. The second-order valence-corrected chi connectivity index (χ2v) is 8.85. The normalized spacial score (nSPS) is 19.2. The molecule has 0 radical (unpaired) electrons. The summed E-state index contributed by atoms with van der Waals surface area (Å²) < 4.78 is 2.79. The molecule has 4 aromatic rings. The van der Waals surface area contributed by atoms with E-state index in [1.165, 1.54) is 5.56 Å². The molecule has 0 bridgehead atoms. The Morgan fingerprint density at radius 2 is 2.13 bits per heavy atom. The van der Waals surface area contributed by atoms with Crippen molar-refractivity contribution in [1.82, 2.24) is 30.0 Å². The van der Waals surface area contributed by atoms with E-state index in [4.69, 9.17) is 4.98 Å². The number of hydrogen-bond acceptors (Lipinski definition) is 5. The second-order valence-electron chi connectivity index (χ2n) is 8.09. The summed E-state index contributed by atoms with van der Waals surface area (Å²) in [7, 11) is 1.92. The highest BCUT2D eigenvalue weighted by atomic mass is 127. The van der Waals surface area contributed by atoms with Gasteiger partial charge in [-0.25, -0.2) is 9.97 Å². The number of fused-ring (bicyclic) bond motifs is 2. The Kier molecular flexibility index (Phi) is 5.39. The highest BCUT2D eigenvalue weighted by Gasteiger charge is 2.23. The third-order valence-corrected chi connectivity index (χ3v) is 6.85. The highest BCUT2D eigenvalue weighted by molar-refractivity contribution is 14.1. The number of aromatic nitrogens is 5. The predicted octanol–water partition coefficient (Wildman–Crippen LogP) is 3.48. The van der Waals surface area contributed by atoms with Crippen molar-refractivity contribution < 1.29 is 9.90 Å². The number of rotatable bonds is 4. The highest BCUT2D eigenvalue weighted by Crippen LogP contribution is 2.29. The monoisotopic (exact) mass is 530 g/mol. The van der Waals surface area contributed by atoms with Crippen LogP contribution in [0.3, 0.4) is 0 Å². The number of aliphatic hydroxyl groups is 1. The third-order valence-electron chi connectivity index (χ3n) is 5.97. The van der Waals surface area contributed by atoms with Crippen LogP contribution >= 0.6 is 22.6 Å². The van der Waals surface area contributed by atoms with Crippen molar-refractivity contribution in [2.45, 2.75) is 42.3 Å². The van der Waals surface area contributed by atoms with E-state index in [2.05, 4.69) is 61.2 Å². The summed E-state index contributed by atoms with van der Waals surface area (Å²) in [6.45, 7) is 0. The van der Waals surface area contributed by atoms with Gasteiger partial charge in [0, 0.05) is 29.1 Å². The number of H-pyrrole nitrogens is 1. The minimum Gasteiger partial charge on any atom is -0.393 e. The molecule has 5 rings (SSSR count). The quantitative estimate of drug-likeness (QED) is 0.277. The maximum absolute atomic E-state index is 12.9. The number of aliphatic hydroxyl groups excluding tert-OH is 1. The Morgan fingerprint density at radius 3 is 2.90 bits per heavy atom. The van der Waals surface area contributed by atoms with Crippen molar-refractivity contribution in [3.8, 4) is 11.4 Å². The molecular formula is C22H23IN6O2. The van der Waals surface area contributed by atoms with Crippen molar-refractivity contribution in [3.05, 3.63) is 41.7 Å². The van der Waals surface area contributed by atoms with E-state index in [-0.39, 0.29) is 18.1 Å². The first kappa shape index (κ1) is 20.4. The summed E-state index contributed by atoms with van der Waals surface area (Å²) in [5.41, 5.74) is 5.24. The molecule has 0 spiro atoms. The number of carbonyl (C=O) groups is 1. The lowest BCUT2D eigenvalue weighted by Crippen LogP contribution is -2.38. The summed E-state index contributed by atoms with van der Waals surface area (Å²) in [6, 6.07) is 6.38. The fourth-order valence-corrected chi connectivity index (χ4v) is 4.71. The van der Waals surface area contributed by atoms with Gasteiger partial charge in [-0.3, -0.25) is 9.48 Å². The molecule has 160 valence electrons. The first-order valence-corrected chi connectivity index (χ1v) is 11.9. The van der Waals surface area contributed by atoms with Gasteiger partial charge in [0.1, 0.15) is 16.9 Å². The topological polar surface area (TPSA) is 109 Å². The smallest absolute Gasteiger partial charge is 0.255 e. The number of nitrogens with one attached hydrogen (secondary N) is 2. The van der Waals surface area contributed by atoms with Crippen LogP contribution in [0.4, 0.5) is 0 Å². The number of halogens is 1. The van der Waals surface area contributed by atoms with E-state index in [1.807, 2.05) is 11.7 Å². The molecule has 31 heavy (non-hydrogen) atoms. The Hall–Kier alpha value is -2.53. The maximum atomic E-state index is 12.9. The standard InChI is InChI=1S/C22H23IN6O2/c1-29-18-8-12(9-23)2-7-15(18)19(28-29)17-11-25-21-20(27-17)16(10-24-21)22(31)26-13-3-5-14(30)6-4-13/h2,7-8,10-11,13-14,30H,3-6,9H2,1H3,(H,24,25)(H,26,31). The molecule has 1 fully saturated rings. The van der Waals surface area contributed by atoms with Gasteiger partial charge in [-0.05, 0) is 37.3 Å². The summed E-state index contributed by atoms with van der Waals surface area (Å²) in [6.07, 6.45) is 6.10. The molecule has 8 nitrogen and oxygen atoms in total. The molecule has 1 aliphatic carbocycles. The minimum atomic E-state index is -0.254. The molecule has 1 aliphatic rings. The van der Waals surface area contributed by atoms with Gasteiger partial charge in [0.05, 0.1) is 23.4 Å². The SMILES string of the molecule is Cn1nc(-c2cnc3[nH]cc(C(=O)NC4CCC(O)CC4)c3n2)c2ccc(CI)cc21. The zero-order chi connectivity index (χ0) is 21.5. The number of benzene rings is 1. The van der Waals surface area contributed by atoms with Gasteiger partial charge in [-0.1, -0.05) is 34.7 Å². The number of aryl methyl sites for hydroxylation is 1. The lowest BCUT2D eigenvalue weighted by atomic mass is 9.93. The van der Waals surface area contributed by atoms with Crippen molar-refractivity contribution in [3.63, 3.8) is 0 Å². The van der Waals surface area contributed by atoms with Gasteiger partial charge in [0.25, 0.3) is 5.91 Å². The summed E-state index contributed by atoms with van der Waals surface area (Å²) >= 11 is 2.35. The van der Waals surface area contributed by atoms with E-state index < -0.39 is 0 Å². The van der Waals surface area contributed by atoms with Crippen LogP contribution in [0.1, 0.15) is 41.6 Å². The zero-order valence-corrected chi connectivity index (χ0v) is 19.3. The summed E-state index contributed by atoms with van der Waals surface area (Å²) in [5.74, 6) is -0.170. The van der Waals surface area contributed by atoms with Crippen LogP contribution in [0, 0.1) is 0 Å². The van der Waals surface area contributed by atoms with Crippen molar-refractivity contribution in [1.29, 1.82) is 0 Å². The Morgan fingerprint density at radius 1 is 1.32 bits per heavy atom. The molecule has 1 amide bonds. The van der Waals surface area contributed by atoms with Gasteiger partial charge in [0.15, 0.2) is 5.65 Å². The van der Waals surface area contributed by atoms with Gasteiger partial charge >= 0.3 is 0 Å². The molecule has 9 heteroatoms. The molecule has 3 heterocycles. The van der Waals surface area contributed by atoms with Gasteiger partial charge in [0.2, 0.25) is 0 Å². The van der Waals surface area contributed by atoms with E-state index in [0.717, 1.165) is 46.7 Å². The molecule has 0 unspecified atom stereocenters. The van der Waals surface area contributed by atoms with E-state index in [9.17, 15) is 9.90 Å². The summed E-state index contributed by atoms with van der Waals surface area (Å²) in [5, 5.41) is 18.5. The van der Waals surface area contributed by atoms with E-state index in [1.54, 1.807) is 12.4 Å². The number of amides is 1. The van der Waals surface area contributed by atoms with E-state index >= 15 is 0 Å². The van der Waals surface area contributed by atoms with E-state index in [0.29, 0.717) is 22.4 Å². The molecule has 0 atom stereocenters. The first-order chi connectivity index (χ1) is 15.0. The van der Waals surface area contributed by atoms with Crippen molar-refractivity contribution >= 4 is 50.6 Å². The molecule has 1 saturated carbocycles. The average Bonchev–Trinajstić information content (AvgIpc) is 3.35. The Balaban J connectivity index is 1.49. The minimum absolute atomic E-state index is 0.0730. The molecule has 1 aromatic carbocycles. The number of nitrogens with zero attached hydrogens (tertiary/aromatic N) is 4. The number of carbonyl (C=O) groups excluding carboxylic acids is 1. The second kappa shape index (κ2) is 8.19. The van der Waals surface area contributed by atoms with Gasteiger partial charge in [-0.15, -0.1) is 0 Å². The number of hydrogen-bond donors (Lipinski definition) is 3. The van der Waals surface area contributed by atoms with Crippen LogP contribution < -0.4 is 5.32 Å². The average molecular weight is 530 g/mol. The number of aromatic amines is 1. The Bertz CT molecular complexity index is 1270. The molecule has 3 N–H and O–H groups in total. The molecule has 3 aromatic heterocycles. The molecular weight excluding hydrogens is 507 g/mol. The fourth-order valence-electron chi connectivity index (χ4n) is 4.24. The third kappa shape index (κ3) is 3.80. The van der Waals surface area contributed by atoms with Crippen LogP contribution in [0.2, 0.25) is 0 Å². The van der Waals surface area contributed by atoms with Crippen LogP contribution in [0.5, 0.6) is 0 Å². The number of alkyl halides is 1. The van der Waals surface area contributed by atoms with Crippen LogP contribution in [-0.2, 0) is 11.5 Å². The summed E-state index contributed by atoms with van der Waals surface area (Å²) in [4.78, 5) is 25.2. The first-order valence-electron chi connectivity index (χ1n) is 10.4. The van der Waals surface area contributed by atoms with Crippen LogP contribution in [-0.4, -0.2) is 47.9 Å². The van der Waals surface area contributed by atoms with Crippen molar-refractivity contribution in [2.24, 2.45) is 7.05 Å². The fraction of sp³-hybridized carbons (Fsp3) is 0.364. The maximum Gasteiger partial charge on any atom is 0.255 e. The lowest BCUT2D eigenvalue weighted by molar-refractivity contribution is 0.0869. The molecule has 0 saturated heterocycles. The van der Waals surface area contributed by atoms with Crippen LogP contribution in [0.25, 0.3) is 33.5 Å². The van der Waals surface area contributed by atoms with Gasteiger partial charge < -0.3 is 15.4 Å². The largest absolute Gasteiger partial charge is 0.393 e. The van der Waals surface area contributed by atoms with Crippen molar-refractivity contribution in [2.75, 3.05) is 0 Å². The Labute approximate surface area is 192 Å². The predicted molar refractivity (Wildman–Crippen MR) is 127 cm³/mol. The van der Waals surface area contributed by atoms with Gasteiger partial charge in [-0.2, -0.15) is 5.10 Å². The zero-order valence-electron chi connectivity index (χ0n) is 17.1. The van der Waals surface area contributed by atoms with Crippen LogP contribution in [0.15, 0.2) is 30.6 Å².